The fourth-order valence-electron chi connectivity index (χ4n) is 2.37. The van der Waals surface area contributed by atoms with Gasteiger partial charge in [-0.15, -0.1) is 0 Å². The summed E-state index contributed by atoms with van der Waals surface area (Å²) in [6, 6.07) is 2.59. The van der Waals surface area contributed by atoms with Crippen LogP contribution in [0.4, 0.5) is 0 Å². The van der Waals surface area contributed by atoms with Crippen LogP contribution < -0.4 is 5.73 Å². The number of hydrogen-bond donors (Lipinski definition) is 1. The van der Waals surface area contributed by atoms with Crippen molar-refractivity contribution in [1.82, 2.24) is 9.78 Å². The third-order valence-electron chi connectivity index (χ3n) is 3.61. The van der Waals surface area contributed by atoms with E-state index in [1.165, 1.54) is 0 Å². The molecular weight excluding hydrogens is 226 g/mol. The Hall–Kier alpha value is -0.870. The molecule has 0 aliphatic rings. The molecule has 0 fully saturated rings. The first-order valence-electron chi connectivity index (χ1n) is 6.98. The minimum Gasteiger partial charge on any atom is -0.380 e. The molecule has 4 nitrogen and oxygen atoms in total. The van der Waals surface area contributed by atoms with E-state index in [0.29, 0.717) is 6.04 Å². The molecule has 104 valence electrons. The molecule has 0 aromatic carbocycles. The van der Waals surface area contributed by atoms with Gasteiger partial charge in [-0.1, -0.05) is 20.8 Å². The van der Waals surface area contributed by atoms with Crippen LogP contribution in [0.2, 0.25) is 0 Å². The summed E-state index contributed by atoms with van der Waals surface area (Å²) in [5, 5.41) is 4.62. The van der Waals surface area contributed by atoms with Crippen molar-refractivity contribution in [3.8, 4) is 0 Å². The van der Waals surface area contributed by atoms with Crippen LogP contribution in [-0.4, -0.2) is 29.0 Å². The van der Waals surface area contributed by atoms with E-state index in [9.17, 15) is 0 Å². The van der Waals surface area contributed by atoms with E-state index in [4.69, 9.17) is 10.5 Å². The molecule has 0 spiro atoms. The number of hydrogen-bond acceptors (Lipinski definition) is 3. The normalized spacial score (nSPS) is 15.0. The van der Waals surface area contributed by atoms with Gasteiger partial charge in [0.2, 0.25) is 0 Å². The van der Waals surface area contributed by atoms with Crippen LogP contribution in [0.1, 0.15) is 51.8 Å². The molecule has 4 heteroatoms. The van der Waals surface area contributed by atoms with E-state index in [1.807, 2.05) is 0 Å². The van der Waals surface area contributed by atoms with Gasteiger partial charge in [-0.05, 0) is 25.3 Å². The minimum absolute atomic E-state index is 0.0186. The molecule has 1 aromatic rings. The maximum Gasteiger partial charge on any atom is 0.0723 e. The van der Waals surface area contributed by atoms with Crippen molar-refractivity contribution in [1.29, 1.82) is 0 Å². The molecular formula is C14H27N3O. The number of ether oxygens (including phenoxy) is 1. The smallest absolute Gasteiger partial charge is 0.0723 e. The van der Waals surface area contributed by atoms with E-state index >= 15 is 0 Å². The molecule has 2 unspecified atom stereocenters. The first-order valence-corrected chi connectivity index (χ1v) is 6.98. The van der Waals surface area contributed by atoms with Gasteiger partial charge in [0.15, 0.2) is 0 Å². The Bertz CT molecular complexity index is 330. The highest BCUT2D eigenvalue weighted by Gasteiger charge is 2.17. The van der Waals surface area contributed by atoms with Gasteiger partial charge in [-0.3, -0.25) is 4.68 Å². The van der Waals surface area contributed by atoms with Gasteiger partial charge in [0.25, 0.3) is 0 Å². The summed E-state index contributed by atoms with van der Waals surface area (Å²) in [4.78, 5) is 0. The second-order valence-electron chi connectivity index (χ2n) is 4.81. The molecule has 0 aliphatic carbocycles. The summed E-state index contributed by atoms with van der Waals surface area (Å²) in [6.07, 6.45) is 6.11. The summed E-state index contributed by atoms with van der Waals surface area (Å²) < 4.78 is 7.44. The van der Waals surface area contributed by atoms with Crippen LogP contribution in [-0.2, 0) is 11.2 Å². The van der Waals surface area contributed by atoms with Crippen molar-refractivity contribution in [3.05, 3.63) is 18.0 Å². The van der Waals surface area contributed by atoms with Crippen molar-refractivity contribution in [2.24, 2.45) is 5.73 Å². The van der Waals surface area contributed by atoms with Crippen molar-refractivity contribution >= 4 is 0 Å². The van der Waals surface area contributed by atoms with E-state index in [2.05, 4.69) is 42.8 Å². The van der Waals surface area contributed by atoms with E-state index < -0.39 is 0 Å². The van der Waals surface area contributed by atoms with Crippen LogP contribution >= 0.6 is 0 Å². The van der Waals surface area contributed by atoms with Crippen LogP contribution in [0.3, 0.4) is 0 Å². The number of nitrogens with zero attached hydrogens (tertiary/aromatic N) is 2. The fourth-order valence-corrected chi connectivity index (χ4v) is 2.37. The molecule has 0 radical (unpaired) electrons. The third kappa shape index (κ3) is 3.82. The molecule has 1 heterocycles. The molecule has 0 saturated carbocycles. The van der Waals surface area contributed by atoms with Crippen LogP contribution in [0.5, 0.6) is 0 Å². The Kier molecular flexibility index (Phi) is 6.36. The Morgan fingerprint density at radius 2 is 1.94 bits per heavy atom. The summed E-state index contributed by atoms with van der Waals surface area (Å²) in [5.41, 5.74) is 7.21. The lowest BCUT2D eigenvalue weighted by atomic mass is 10.0. The Morgan fingerprint density at radius 1 is 1.28 bits per heavy atom. The maximum absolute atomic E-state index is 6.15. The van der Waals surface area contributed by atoms with Crippen molar-refractivity contribution in [2.75, 3.05) is 7.11 Å². The molecule has 2 atom stereocenters. The molecule has 0 aliphatic heterocycles. The predicted octanol–water partition coefficient (Wildman–Crippen LogP) is 2.54. The number of nitrogens with two attached hydrogens (primary N) is 1. The van der Waals surface area contributed by atoms with Crippen molar-refractivity contribution < 1.29 is 4.74 Å². The number of rotatable bonds is 8. The topological polar surface area (TPSA) is 53.1 Å². The second kappa shape index (κ2) is 7.54. The quantitative estimate of drug-likeness (QED) is 0.774. The first-order chi connectivity index (χ1) is 8.65. The van der Waals surface area contributed by atoms with Gasteiger partial charge in [0.1, 0.15) is 0 Å². The fraction of sp³-hybridized carbons (Fsp3) is 0.786. The zero-order valence-electron chi connectivity index (χ0n) is 12.1. The Morgan fingerprint density at radius 3 is 2.44 bits per heavy atom. The number of aromatic nitrogens is 2. The van der Waals surface area contributed by atoms with E-state index in [-0.39, 0.29) is 12.1 Å². The van der Waals surface area contributed by atoms with E-state index in [0.717, 1.165) is 31.4 Å². The second-order valence-corrected chi connectivity index (χ2v) is 4.81. The lowest BCUT2D eigenvalue weighted by Crippen LogP contribution is -2.37. The van der Waals surface area contributed by atoms with Gasteiger partial charge in [0, 0.05) is 25.8 Å². The summed E-state index contributed by atoms with van der Waals surface area (Å²) in [5.74, 6) is 0. The molecule has 18 heavy (non-hydrogen) atoms. The first kappa shape index (κ1) is 15.2. The standard InChI is InChI=1S/C14H27N3O/c1-5-12(6-2)17-9-8-11(16-17)10-13(15)14(7-3)18-4/h8-9,12-14H,5-7,10,15H2,1-4H3. The zero-order chi connectivity index (χ0) is 13.5. The maximum atomic E-state index is 6.15. The highest BCUT2D eigenvalue weighted by Crippen LogP contribution is 2.15. The SMILES string of the molecule is CCC(OC)C(N)Cc1ccn(C(CC)CC)n1. The molecule has 2 N–H and O–H groups in total. The lowest BCUT2D eigenvalue weighted by molar-refractivity contribution is 0.0770. The van der Waals surface area contributed by atoms with Crippen LogP contribution in [0.15, 0.2) is 12.3 Å². The van der Waals surface area contributed by atoms with Gasteiger partial charge in [-0.25, -0.2) is 0 Å². The largest absolute Gasteiger partial charge is 0.380 e. The average molecular weight is 253 g/mol. The van der Waals surface area contributed by atoms with Crippen molar-refractivity contribution in [2.45, 2.75) is 64.6 Å². The molecule has 0 saturated heterocycles. The predicted molar refractivity (Wildman–Crippen MR) is 74.6 cm³/mol. The minimum atomic E-state index is 0.0186. The van der Waals surface area contributed by atoms with Gasteiger partial charge >= 0.3 is 0 Å². The molecule has 0 amide bonds. The third-order valence-corrected chi connectivity index (χ3v) is 3.61. The number of methoxy groups -OCH3 is 1. The molecule has 1 aromatic heterocycles. The average Bonchev–Trinajstić information content (AvgIpc) is 2.81. The Balaban J connectivity index is 2.63. The lowest BCUT2D eigenvalue weighted by Gasteiger charge is -2.20. The summed E-state index contributed by atoms with van der Waals surface area (Å²) in [6.45, 7) is 6.48. The molecule has 0 bridgehead atoms. The van der Waals surface area contributed by atoms with Crippen molar-refractivity contribution in [3.63, 3.8) is 0 Å². The van der Waals surface area contributed by atoms with E-state index in [1.54, 1.807) is 7.11 Å². The van der Waals surface area contributed by atoms with Gasteiger partial charge in [0.05, 0.1) is 17.8 Å². The highest BCUT2D eigenvalue weighted by atomic mass is 16.5. The Labute approximate surface area is 111 Å². The van der Waals surface area contributed by atoms with Gasteiger partial charge in [-0.2, -0.15) is 5.10 Å². The highest BCUT2D eigenvalue weighted by molar-refractivity contribution is 5.03. The summed E-state index contributed by atoms with van der Waals surface area (Å²) in [7, 11) is 1.72. The molecule has 1 rings (SSSR count). The van der Waals surface area contributed by atoms with Crippen LogP contribution in [0.25, 0.3) is 0 Å². The summed E-state index contributed by atoms with van der Waals surface area (Å²) >= 11 is 0. The zero-order valence-corrected chi connectivity index (χ0v) is 12.1. The van der Waals surface area contributed by atoms with Crippen LogP contribution in [0, 0.1) is 0 Å². The monoisotopic (exact) mass is 253 g/mol. The van der Waals surface area contributed by atoms with Gasteiger partial charge < -0.3 is 10.5 Å².